The summed E-state index contributed by atoms with van der Waals surface area (Å²) in [6, 6.07) is 168. The first kappa shape index (κ1) is 84.0. The van der Waals surface area contributed by atoms with Crippen LogP contribution in [0.25, 0.3) is 285 Å². The van der Waals surface area contributed by atoms with E-state index in [9.17, 15) is 0 Å². The molecule has 13 nitrogen and oxygen atoms in total. The van der Waals surface area contributed by atoms with Gasteiger partial charge in [-0.1, -0.05) is 323 Å². The van der Waals surface area contributed by atoms with E-state index in [4.69, 9.17) is 34.3 Å². The third-order valence-electron chi connectivity index (χ3n) is 30.9. The number of aromatic nitrogens is 12. The van der Waals surface area contributed by atoms with Gasteiger partial charge in [0.15, 0.2) is 17.5 Å². The molecule has 14 heteroatoms. The Morgan fingerprint density at radius 1 is 0.188 bits per heavy atom. The predicted molar refractivity (Wildman–Crippen MR) is 619 cm³/mol. The van der Waals surface area contributed by atoms with E-state index in [1.165, 1.54) is 130 Å². The molecule has 0 fully saturated rings. The highest BCUT2D eigenvalue weighted by molar-refractivity contribution is 7.25. The van der Waals surface area contributed by atoms with Crippen LogP contribution >= 0.6 is 11.3 Å². The van der Waals surface area contributed by atoms with Crippen LogP contribution in [0.2, 0.25) is 0 Å². The SMILES string of the molecule is CC1(C)c2ccccc2-c2ccc(-n3c4ccccc4c4cc5c(cc43)c3ccccc3n5-c3nc4ccccc4nc3-c3ccccc3)cc21.c1ccc(-c2nc3ccccc3nc2-n2c3ccccc3c3cc4c(cc32)c2ccccc2n4-c2ccc3c(c2)oc2ccccc23)cc1.c1ccc(-c2nc3ccccc3nc2-n2c3ccccc3c3cc4c(cc32)c2ccccc2n4-c2ccc3c(c2)sc2ccccc23)cc1. The fraction of sp³-hybridized carbons (Fsp3) is 0.0222. The standard InChI is InChI=1S/C47H32N4.C44H26N4O.C44H26N4S/c1-47(2)37-19-9-6-16-31(37)32-25-24-30(26-38(32)47)50-41-22-12-7-17-33(41)35-28-44-36(27-43(35)50)34-18-8-13-23-42(34)51(44)46-45(29-14-4-3-5-15-29)48-39-20-10-11-21-40(39)49-46;2*1-2-12-27(13-3-1)43-44(46-36-18-8-7-17-35(36)45-43)48-38-20-10-5-15-30(38)34-25-39-33(26-40(34)48)29-14-4-9-19-37(29)47(39)28-22-23-32-31-16-6-11-21-41(31)49-42(32)24-28/h3-28H,1-2H3;2*1-26H. The summed E-state index contributed by atoms with van der Waals surface area (Å²) in [5.41, 5.74) is 35.1. The van der Waals surface area contributed by atoms with Crippen LogP contribution in [0.3, 0.4) is 0 Å². The minimum absolute atomic E-state index is 0.0846. The van der Waals surface area contributed by atoms with Gasteiger partial charge in [0, 0.05) is 141 Å². The quantitative estimate of drug-likeness (QED) is 0.141. The second-order valence-electron chi connectivity index (χ2n) is 39.5. The first-order valence-electron chi connectivity index (χ1n) is 50.6. The highest BCUT2D eigenvalue weighted by Gasteiger charge is 2.37. The summed E-state index contributed by atoms with van der Waals surface area (Å²) >= 11 is 1.86. The van der Waals surface area contributed by atoms with Crippen molar-refractivity contribution in [3.63, 3.8) is 0 Å². The average molecular weight is 1920 g/mol. The predicted octanol–water partition coefficient (Wildman–Crippen LogP) is 35.0. The van der Waals surface area contributed by atoms with Crippen molar-refractivity contribution in [2.45, 2.75) is 19.3 Å². The van der Waals surface area contributed by atoms with Gasteiger partial charge in [0.1, 0.15) is 28.2 Å². The number of rotatable bonds is 9. The molecule has 11 heterocycles. The largest absolute Gasteiger partial charge is 0.456 e. The van der Waals surface area contributed by atoms with E-state index in [1.54, 1.807) is 0 Å². The van der Waals surface area contributed by atoms with Crippen molar-refractivity contribution in [3.05, 3.63) is 484 Å². The summed E-state index contributed by atoms with van der Waals surface area (Å²) < 4.78 is 23.2. The van der Waals surface area contributed by atoms with Crippen LogP contribution < -0.4 is 0 Å². The first-order valence-corrected chi connectivity index (χ1v) is 51.4. The molecule has 0 saturated carbocycles. The Morgan fingerprint density at radius 2 is 0.470 bits per heavy atom. The van der Waals surface area contributed by atoms with Gasteiger partial charge in [-0.25, -0.2) is 29.9 Å². The molecule has 0 saturated heterocycles. The lowest BCUT2D eigenvalue weighted by atomic mass is 9.82. The van der Waals surface area contributed by atoms with Gasteiger partial charge < -0.3 is 18.1 Å². The van der Waals surface area contributed by atoms with Gasteiger partial charge in [0.25, 0.3) is 0 Å². The zero-order valence-corrected chi connectivity index (χ0v) is 81.5. The molecule has 32 aromatic rings. The van der Waals surface area contributed by atoms with Crippen LogP contribution in [-0.2, 0) is 5.41 Å². The van der Waals surface area contributed by atoms with Crippen molar-refractivity contribution in [1.82, 2.24) is 57.3 Å². The molecular formula is C135H84N12OS. The minimum Gasteiger partial charge on any atom is -0.456 e. The van der Waals surface area contributed by atoms with Crippen LogP contribution in [0.15, 0.2) is 478 Å². The number of hydrogen-bond acceptors (Lipinski definition) is 8. The number of para-hydroxylation sites is 13. The lowest BCUT2D eigenvalue weighted by Gasteiger charge is -2.22. The van der Waals surface area contributed by atoms with Crippen LogP contribution in [0.1, 0.15) is 25.0 Å². The molecule has 0 radical (unpaired) electrons. The molecule has 21 aromatic carbocycles. The number of hydrogen-bond donors (Lipinski definition) is 0. The Balaban J connectivity index is 0.000000101. The van der Waals surface area contributed by atoms with E-state index in [0.717, 1.165) is 167 Å². The Morgan fingerprint density at radius 3 is 0.879 bits per heavy atom. The zero-order chi connectivity index (χ0) is 98.0. The minimum atomic E-state index is -0.0846. The van der Waals surface area contributed by atoms with Gasteiger partial charge in [0.05, 0.1) is 99.3 Å². The number of nitrogens with zero attached hydrogens (tertiary/aromatic N) is 12. The second-order valence-corrected chi connectivity index (χ2v) is 40.6. The van der Waals surface area contributed by atoms with Gasteiger partial charge >= 0.3 is 0 Å². The van der Waals surface area contributed by atoms with Crippen molar-refractivity contribution < 1.29 is 4.42 Å². The highest BCUT2D eigenvalue weighted by Crippen LogP contribution is 2.53. The van der Waals surface area contributed by atoms with E-state index in [-0.39, 0.29) is 5.41 Å². The Kier molecular flexibility index (Phi) is 18.5. The van der Waals surface area contributed by atoms with Crippen molar-refractivity contribution in [2.75, 3.05) is 0 Å². The highest BCUT2D eigenvalue weighted by atomic mass is 32.1. The smallest absolute Gasteiger partial charge is 0.165 e. The summed E-state index contributed by atoms with van der Waals surface area (Å²) in [7, 11) is 0. The Hall–Kier alpha value is -19.5. The first-order chi connectivity index (χ1) is 73.7. The molecule has 33 rings (SSSR count). The number of fused-ring (bicyclic) bond motifs is 30. The molecule has 0 aliphatic heterocycles. The molecule has 0 bridgehead atoms. The lowest BCUT2D eigenvalue weighted by molar-refractivity contribution is 0.660. The lowest BCUT2D eigenvalue weighted by Crippen LogP contribution is -2.15. The molecule has 11 aromatic heterocycles. The van der Waals surface area contributed by atoms with E-state index in [2.05, 4.69) is 417 Å². The van der Waals surface area contributed by atoms with Crippen LogP contribution in [-0.4, -0.2) is 57.3 Å². The topological polar surface area (TPSA) is 120 Å². The third kappa shape index (κ3) is 12.9. The maximum absolute atomic E-state index is 6.34. The van der Waals surface area contributed by atoms with Crippen molar-refractivity contribution >= 4 is 217 Å². The molecule has 149 heavy (non-hydrogen) atoms. The molecule has 0 N–H and O–H groups in total. The number of benzene rings is 21. The van der Waals surface area contributed by atoms with Gasteiger partial charge in [-0.05, 0) is 180 Å². The average Bonchev–Trinajstić information content (AvgIpc) is 1.55. The molecule has 0 atom stereocenters. The summed E-state index contributed by atoms with van der Waals surface area (Å²) in [5, 5.41) is 19.2. The maximum atomic E-state index is 6.34. The van der Waals surface area contributed by atoms with Crippen LogP contribution in [0.4, 0.5) is 0 Å². The normalized spacial score (nSPS) is 12.6. The summed E-state index contributed by atoms with van der Waals surface area (Å²) in [6.45, 7) is 4.70. The fourth-order valence-electron chi connectivity index (χ4n) is 24.2. The van der Waals surface area contributed by atoms with E-state index in [1.807, 2.05) is 108 Å². The van der Waals surface area contributed by atoms with E-state index in [0.29, 0.717) is 0 Å². The van der Waals surface area contributed by atoms with Crippen LogP contribution in [0.5, 0.6) is 0 Å². The molecule has 1 aliphatic rings. The zero-order valence-electron chi connectivity index (χ0n) is 80.7. The van der Waals surface area contributed by atoms with Gasteiger partial charge in [0.2, 0.25) is 0 Å². The molecule has 0 amide bonds. The summed E-state index contributed by atoms with van der Waals surface area (Å²) in [4.78, 5) is 31.7. The Bertz CT molecular complexity index is 10900. The molecule has 0 spiro atoms. The maximum Gasteiger partial charge on any atom is 0.165 e. The fourth-order valence-corrected chi connectivity index (χ4v) is 25.3. The van der Waals surface area contributed by atoms with Gasteiger partial charge in [-0.3, -0.25) is 13.7 Å². The van der Waals surface area contributed by atoms with E-state index < -0.39 is 0 Å². The van der Waals surface area contributed by atoms with Gasteiger partial charge in [-0.15, -0.1) is 11.3 Å². The molecular weight excluding hydrogens is 1840 g/mol. The molecule has 1 aliphatic carbocycles. The van der Waals surface area contributed by atoms with Crippen LogP contribution in [0, 0.1) is 0 Å². The summed E-state index contributed by atoms with van der Waals surface area (Å²) in [6.07, 6.45) is 0. The third-order valence-corrected chi connectivity index (χ3v) is 32.0. The van der Waals surface area contributed by atoms with Gasteiger partial charge in [-0.2, -0.15) is 0 Å². The molecule has 0 unspecified atom stereocenters. The van der Waals surface area contributed by atoms with Crippen molar-refractivity contribution in [1.29, 1.82) is 0 Å². The van der Waals surface area contributed by atoms with Crippen molar-refractivity contribution in [3.8, 4) is 79.4 Å². The monoisotopic (exact) mass is 1920 g/mol. The number of thiophene rings is 1. The Labute approximate surface area is 855 Å². The van der Waals surface area contributed by atoms with E-state index >= 15 is 0 Å². The second kappa shape index (κ2) is 32.7. The van der Waals surface area contributed by atoms with Crippen molar-refractivity contribution in [2.24, 2.45) is 0 Å². The summed E-state index contributed by atoms with van der Waals surface area (Å²) in [5.74, 6) is 2.47. The number of furan rings is 1. The molecule has 696 valence electrons.